The molecule has 2 atom stereocenters. The molecule has 56 valence electrons. The molecule has 0 aliphatic heterocycles. The lowest BCUT2D eigenvalue weighted by Crippen LogP contribution is -2.36. The van der Waals surface area contributed by atoms with Gasteiger partial charge in [0, 0.05) is 18.6 Å². The molecule has 0 fully saturated rings. The van der Waals surface area contributed by atoms with Crippen molar-refractivity contribution in [1.29, 1.82) is 0 Å². The average molecular weight is 130 g/mol. The third-order valence-corrected chi connectivity index (χ3v) is 1.40. The van der Waals surface area contributed by atoms with Crippen LogP contribution in [0, 0.1) is 0 Å². The highest BCUT2D eigenvalue weighted by Gasteiger charge is 1.97. The first kappa shape index (κ1) is 8.92. The van der Waals surface area contributed by atoms with Crippen LogP contribution in [0.25, 0.3) is 0 Å². The van der Waals surface area contributed by atoms with Crippen LogP contribution in [0.1, 0.15) is 27.2 Å². The minimum absolute atomic E-state index is 0.277. The van der Waals surface area contributed by atoms with Gasteiger partial charge in [-0.15, -0.1) is 0 Å². The highest BCUT2D eigenvalue weighted by Crippen LogP contribution is 1.86. The summed E-state index contributed by atoms with van der Waals surface area (Å²) in [5, 5.41) is 3.31. The van der Waals surface area contributed by atoms with Crippen LogP contribution in [0.3, 0.4) is 0 Å². The normalized spacial score (nSPS) is 17.3. The van der Waals surface area contributed by atoms with Gasteiger partial charge in [0.2, 0.25) is 0 Å². The van der Waals surface area contributed by atoms with Crippen LogP contribution in [0.5, 0.6) is 0 Å². The summed E-state index contributed by atoms with van der Waals surface area (Å²) in [6.45, 7) is 7.27. The van der Waals surface area contributed by atoms with Crippen molar-refractivity contribution in [2.24, 2.45) is 5.73 Å². The standard InChI is InChI=1S/C7H18N2/c1-4-7(3)9-5-6(2)8/h6-7,9H,4-5,8H2,1-3H3/t6-,7+/m0/s1. The van der Waals surface area contributed by atoms with Crippen molar-refractivity contribution in [3.63, 3.8) is 0 Å². The van der Waals surface area contributed by atoms with Crippen molar-refractivity contribution in [3.8, 4) is 0 Å². The minimum Gasteiger partial charge on any atom is -0.327 e. The molecule has 0 unspecified atom stereocenters. The number of nitrogens with two attached hydrogens (primary N) is 1. The lowest BCUT2D eigenvalue weighted by atomic mass is 10.2. The van der Waals surface area contributed by atoms with E-state index < -0.39 is 0 Å². The first-order valence-electron chi connectivity index (χ1n) is 3.65. The number of rotatable bonds is 4. The van der Waals surface area contributed by atoms with Gasteiger partial charge < -0.3 is 11.1 Å². The van der Waals surface area contributed by atoms with E-state index in [0.717, 1.165) is 6.54 Å². The molecule has 0 rings (SSSR count). The number of hydrogen-bond donors (Lipinski definition) is 2. The molecule has 0 aromatic carbocycles. The van der Waals surface area contributed by atoms with E-state index in [9.17, 15) is 0 Å². The Bertz CT molecular complexity index is 61.9. The Kier molecular flexibility index (Phi) is 4.72. The van der Waals surface area contributed by atoms with Crippen LogP contribution < -0.4 is 11.1 Å². The van der Waals surface area contributed by atoms with E-state index in [-0.39, 0.29) is 6.04 Å². The Labute approximate surface area is 57.8 Å². The fourth-order valence-electron chi connectivity index (χ4n) is 0.531. The second kappa shape index (κ2) is 4.77. The smallest absolute Gasteiger partial charge is 0.0136 e. The van der Waals surface area contributed by atoms with Gasteiger partial charge >= 0.3 is 0 Å². The van der Waals surface area contributed by atoms with E-state index in [1.54, 1.807) is 0 Å². The van der Waals surface area contributed by atoms with Gasteiger partial charge in [0.25, 0.3) is 0 Å². The number of nitrogens with one attached hydrogen (secondary N) is 1. The molecule has 0 aromatic heterocycles. The second-order valence-electron chi connectivity index (χ2n) is 2.69. The Hall–Kier alpha value is -0.0800. The van der Waals surface area contributed by atoms with Crippen molar-refractivity contribution in [3.05, 3.63) is 0 Å². The van der Waals surface area contributed by atoms with Crippen molar-refractivity contribution >= 4 is 0 Å². The van der Waals surface area contributed by atoms with Crippen LogP contribution >= 0.6 is 0 Å². The largest absolute Gasteiger partial charge is 0.327 e. The van der Waals surface area contributed by atoms with Crippen molar-refractivity contribution in [2.45, 2.75) is 39.3 Å². The maximum absolute atomic E-state index is 5.53. The molecule has 0 bridgehead atoms. The summed E-state index contributed by atoms with van der Waals surface area (Å²) in [5.74, 6) is 0. The lowest BCUT2D eigenvalue weighted by Gasteiger charge is -2.12. The highest BCUT2D eigenvalue weighted by molar-refractivity contribution is 4.62. The number of hydrogen-bond acceptors (Lipinski definition) is 2. The summed E-state index contributed by atoms with van der Waals surface area (Å²) in [5.41, 5.74) is 5.53. The quantitative estimate of drug-likeness (QED) is 0.588. The molecule has 0 radical (unpaired) electrons. The Morgan fingerprint density at radius 2 is 2.00 bits per heavy atom. The predicted octanol–water partition coefficient (Wildman–Crippen LogP) is 0.722. The molecule has 0 aromatic rings. The van der Waals surface area contributed by atoms with E-state index in [2.05, 4.69) is 19.2 Å². The van der Waals surface area contributed by atoms with E-state index in [1.165, 1.54) is 6.42 Å². The van der Waals surface area contributed by atoms with Gasteiger partial charge in [-0.2, -0.15) is 0 Å². The summed E-state index contributed by atoms with van der Waals surface area (Å²) >= 11 is 0. The van der Waals surface area contributed by atoms with Gasteiger partial charge in [0.05, 0.1) is 0 Å². The second-order valence-corrected chi connectivity index (χ2v) is 2.69. The average Bonchev–Trinajstić information content (AvgIpc) is 1.83. The third kappa shape index (κ3) is 5.80. The first-order valence-corrected chi connectivity index (χ1v) is 3.65. The maximum Gasteiger partial charge on any atom is 0.0136 e. The SMILES string of the molecule is CC[C@@H](C)NC[C@H](C)N. The molecule has 2 nitrogen and oxygen atoms in total. The Balaban J connectivity index is 3.06. The Morgan fingerprint density at radius 3 is 2.33 bits per heavy atom. The third-order valence-electron chi connectivity index (χ3n) is 1.40. The molecular weight excluding hydrogens is 112 g/mol. The molecule has 0 heterocycles. The first-order chi connectivity index (χ1) is 4.16. The van der Waals surface area contributed by atoms with E-state index in [4.69, 9.17) is 5.73 Å². The van der Waals surface area contributed by atoms with Gasteiger partial charge in [-0.3, -0.25) is 0 Å². The summed E-state index contributed by atoms with van der Waals surface area (Å²) in [6, 6.07) is 0.884. The van der Waals surface area contributed by atoms with E-state index >= 15 is 0 Å². The zero-order chi connectivity index (χ0) is 7.28. The van der Waals surface area contributed by atoms with Crippen molar-refractivity contribution in [2.75, 3.05) is 6.54 Å². The zero-order valence-corrected chi connectivity index (χ0v) is 6.65. The molecule has 0 saturated carbocycles. The molecule has 0 saturated heterocycles. The molecule has 0 spiro atoms. The van der Waals surface area contributed by atoms with Crippen LogP contribution in [0.4, 0.5) is 0 Å². The fourth-order valence-corrected chi connectivity index (χ4v) is 0.531. The van der Waals surface area contributed by atoms with Gasteiger partial charge in [-0.25, -0.2) is 0 Å². The molecule has 0 amide bonds. The van der Waals surface area contributed by atoms with Crippen LogP contribution in [-0.4, -0.2) is 18.6 Å². The van der Waals surface area contributed by atoms with Crippen LogP contribution in [0.15, 0.2) is 0 Å². The van der Waals surface area contributed by atoms with E-state index in [1.807, 2.05) is 6.92 Å². The van der Waals surface area contributed by atoms with E-state index in [0.29, 0.717) is 6.04 Å². The minimum atomic E-state index is 0.277. The predicted molar refractivity (Wildman–Crippen MR) is 41.4 cm³/mol. The summed E-state index contributed by atoms with van der Waals surface area (Å²) < 4.78 is 0. The summed E-state index contributed by atoms with van der Waals surface area (Å²) in [4.78, 5) is 0. The van der Waals surface area contributed by atoms with Gasteiger partial charge in [0.1, 0.15) is 0 Å². The fraction of sp³-hybridized carbons (Fsp3) is 1.00. The molecule has 2 heteroatoms. The zero-order valence-electron chi connectivity index (χ0n) is 6.65. The summed E-state index contributed by atoms with van der Waals surface area (Å²) in [6.07, 6.45) is 1.17. The van der Waals surface area contributed by atoms with Gasteiger partial charge in [0.15, 0.2) is 0 Å². The van der Waals surface area contributed by atoms with Gasteiger partial charge in [-0.05, 0) is 20.3 Å². The monoisotopic (exact) mass is 130 g/mol. The molecule has 9 heavy (non-hydrogen) atoms. The molecular formula is C7H18N2. The van der Waals surface area contributed by atoms with Gasteiger partial charge in [-0.1, -0.05) is 6.92 Å². The summed E-state index contributed by atoms with van der Waals surface area (Å²) in [7, 11) is 0. The topological polar surface area (TPSA) is 38.0 Å². The Morgan fingerprint density at radius 1 is 1.44 bits per heavy atom. The maximum atomic E-state index is 5.53. The molecule has 0 aliphatic carbocycles. The highest BCUT2D eigenvalue weighted by atomic mass is 14.9. The molecule has 3 N–H and O–H groups in total. The van der Waals surface area contributed by atoms with Crippen LogP contribution in [-0.2, 0) is 0 Å². The van der Waals surface area contributed by atoms with Crippen molar-refractivity contribution in [1.82, 2.24) is 5.32 Å². The molecule has 0 aliphatic rings. The lowest BCUT2D eigenvalue weighted by molar-refractivity contribution is 0.506. The van der Waals surface area contributed by atoms with Crippen molar-refractivity contribution < 1.29 is 0 Å². The van der Waals surface area contributed by atoms with Crippen LogP contribution in [0.2, 0.25) is 0 Å².